The Bertz CT molecular complexity index is 1010. The highest BCUT2D eigenvalue weighted by Gasteiger charge is 2.52. The molecule has 2 aliphatic heterocycles. The maximum Gasteiger partial charge on any atom is 0.325 e. The molecule has 0 bridgehead atoms. The highest BCUT2D eigenvalue weighted by Crippen LogP contribution is 2.31. The molecule has 7 nitrogen and oxygen atoms in total. The minimum atomic E-state index is -0.987. The second-order valence-electron chi connectivity index (χ2n) is 8.27. The monoisotopic (exact) mass is 424 g/mol. The van der Waals surface area contributed by atoms with Crippen LogP contribution in [0.3, 0.4) is 0 Å². The fourth-order valence-corrected chi connectivity index (χ4v) is 4.12. The van der Waals surface area contributed by atoms with Crippen LogP contribution < -0.4 is 10.2 Å². The lowest BCUT2D eigenvalue weighted by atomic mass is 9.87. The maximum atomic E-state index is 13.1. The number of anilines is 1. The number of urea groups is 1. The quantitative estimate of drug-likeness (QED) is 0.766. The summed E-state index contributed by atoms with van der Waals surface area (Å²) in [6.07, 6.45) is 0.715. The second kappa shape index (κ2) is 8.02. The van der Waals surface area contributed by atoms with Gasteiger partial charge in [0.05, 0.1) is 6.54 Å². The van der Waals surface area contributed by atoms with Crippen molar-refractivity contribution in [3.05, 3.63) is 65.5 Å². The lowest BCUT2D eigenvalue weighted by Crippen LogP contribution is -2.55. The first-order valence-corrected chi connectivity index (χ1v) is 10.2. The third kappa shape index (κ3) is 3.97. The molecule has 31 heavy (non-hydrogen) atoms. The molecule has 0 atom stereocenters. The van der Waals surface area contributed by atoms with Crippen LogP contribution in [0.1, 0.15) is 28.8 Å². The molecule has 4 amide bonds. The Morgan fingerprint density at radius 2 is 1.77 bits per heavy atom. The van der Waals surface area contributed by atoms with Crippen molar-refractivity contribution in [3.63, 3.8) is 0 Å². The third-order valence-corrected chi connectivity index (χ3v) is 6.01. The zero-order valence-electron chi connectivity index (χ0n) is 17.6. The van der Waals surface area contributed by atoms with Gasteiger partial charge < -0.3 is 15.1 Å². The van der Waals surface area contributed by atoms with Gasteiger partial charge in [-0.2, -0.15) is 0 Å². The van der Waals surface area contributed by atoms with Gasteiger partial charge >= 0.3 is 6.03 Å². The number of nitrogens with one attached hydrogen (secondary N) is 1. The molecule has 2 aliphatic rings. The Hall–Kier alpha value is -3.42. The number of imide groups is 1. The molecule has 8 heteroatoms. The maximum absolute atomic E-state index is 13.1. The topological polar surface area (TPSA) is 73.0 Å². The fraction of sp³-hybridized carbons (Fsp3) is 0.348. The molecule has 4 rings (SSSR count). The van der Waals surface area contributed by atoms with E-state index < -0.39 is 11.6 Å². The summed E-state index contributed by atoms with van der Waals surface area (Å²) in [5.74, 6) is -0.743. The largest absolute Gasteiger partial charge is 0.378 e. The first-order chi connectivity index (χ1) is 14.8. The van der Waals surface area contributed by atoms with Crippen molar-refractivity contribution in [2.45, 2.75) is 24.9 Å². The van der Waals surface area contributed by atoms with Crippen LogP contribution in [0.5, 0.6) is 0 Å². The van der Waals surface area contributed by atoms with E-state index in [9.17, 15) is 18.8 Å². The fourth-order valence-electron chi connectivity index (χ4n) is 4.12. The number of carbonyl (C=O) groups excluding carboxylic acids is 3. The minimum Gasteiger partial charge on any atom is -0.378 e. The average molecular weight is 424 g/mol. The van der Waals surface area contributed by atoms with E-state index in [0.717, 1.165) is 5.69 Å². The van der Waals surface area contributed by atoms with Crippen molar-refractivity contribution in [3.8, 4) is 0 Å². The predicted molar refractivity (Wildman–Crippen MR) is 114 cm³/mol. The number of rotatable bonds is 4. The van der Waals surface area contributed by atoms with E-state index in [1.165, 1.54) is 17.0 Å². The summed E-state index contributed by atoms with van der Waals surface area (Å²) in [7, 11) is 3.83. The zero-order valence-corrected chi connectivity index (χ0v) is 17.6. The van der Waals surface area contributed by atoms with Crippen LogP contribution in [-0.2, 0) is 11.3 Å². The van der Waals surface area contributed by atoms with Crippen LogP contribution >= 0.6 is 0 Å². The van der Waals surface area contributed by atoms with E-state index >= 15 is 0 Å². The summed E-state index contributed by atoms with van der Waals surface area (Å²) in [5, 5.41) is 2.84. The molecular weight excluding hydrogens is 399 g/mol. The lowest BCUT2D eigenvalue weighted by molar-refractivity contribution is -0.133. The summed E-state index contributed by atoms with van der Waals surface area (Å²) in [5.41, 5.74) is 1.23. The molecule has 0 aromatic heterocycles. The normalized spacial score (nSPS) is 17.8. The zero-order chi connectivity index (χ0) is 22.2. The molecule has 2 aromatic carbocycles. The van der Waals surface area contributed by atoms with E-state index in [2.05, 4.69) is 5.32 Å². The summed E-state index contributed by atoms with van der Waals surface area (Å²) < 4.78 is 13.1. The molecule has 162 valence electrons. The smallest absolute Gasteiger partial charge is 0.325 e. The Morgan fingerprint density at radius 1 is 1.10 bits per heavy atom. The Balaban J connectivity index is 1.43. The first kappa shape index (κ1) is 20.8. The molecule has 0 radical (unpaired) electrons. The van der Waals surface area contributed by atoms with Gasteiger partial charge in [0.15, 0.2) is 0 Å². The number of hydrogen-bond donors (Lipinski definition) is 1. The van der Waals surface area contributed by atoms with Crippen LogP contribution in [0.4, 0.5) is 14.9 Å². The summed E-state index contributed by atoms with van der Waals surface area (Å²) in [6.45, 7) is 0.843. The SMILES string of the molecule is CN(C)c1cccc(C(=O)N2CCC3(CC2)NC(=O)N(Cc2ccc(F)cc2)C3=O)c1. The van der Waals surface area contributed by atoms with Crippen molar-refractivity contribution in [2.24, 2.45) is 0 Å². The molecule has 2 saturated heterocycles. The Morgan fingerprint density at radius 3 is 2.42 bits per heavy atom. The lowest BCUT2D eigenvalue weighted by Gasteiger charge is -2.37. The summed E-state index contributed by atoms with van der Waals surface area (Å²) in [6, 6.07) is 12.7. The molecule has 0 unspecified atom stereocenters. The highest BCUT2D eigenvalue weighted by atomic mass is 19.1. The number of carbonyl (C=O) groups is 3. The van der Waals surface area contributed by atoms with Crippen molar-refractivity contribution in [2.75, 3.05) is 32.1 Å². The Labute approximate surface area is 180 Å². The van der Waals surface area contributed by atoms with E-state index in [-0.39, 0.29) is 24.2 Å². The van der Waals surface area contributed by atoms with Gasteiger partial charge in [0.1, 0.15) is 11.4 Å². The summed E-state index contributed by atoms with van der Waals surface area (Å²) >= 11 is 0. The van der Waals surface area contributed by atoms with Crippen LogP contribution in [0.15, 0.2) is 48.5 Å². The van der Waals surface area contributed by atoms with Crippen LogP contribution in [-0.4, -0.2) is 60.4 Å². The molecule has 1 spiro atoms. The van der Waals surface area contributed by atoms with Gasteiger partial charge in [0.25, 0.3) is 11.8 Å². The van der Waals surface area contributed by atoms with E-state index in [0.29, 0.717) is 37.1 Å². The predicted octanol–water partition coefficient (Wildman–Crippen LogP) is 2.62. The number of likely N-dealkylation sites (tertiary alicyclic amines) is 1. The molecule has 2 heterocycles. The van der Waals surface area contributed by atoms with E-state index in [1.807, 2.05) is 37.2 Å². The van der Waals surface area contributed by atoms with Crippen LogP contribution in [0, 0.1) is 5.82 Å². The van der Waals surface area contributed by atoms with E-state index in [4.69, 9.17) is 0 Å². The van der Waals surface area contributed by atoms with E-state index in [1.54, 1.807) is 23.1 Å². The van der Waals surface area contributed by atoms with Gasteiger partial charge in [-0.3, -0.25) is 14.5 Å². The summed E-state index contributed by atoms with van der Waals surface area (Å²) in [4.78, 5) is 43.4. The van der Waals surface area contributed by atoms with Gasteiger partial charge in [-0.25, -0.2) is 9.18 Å². The van der Waals surface area contributed by atoms with Gasteiger partial charge in [-0.05, 0) is 48.7 Å². The average Bonchev–Trinajstić information content (AvgIpc) is 2.99. The van der Waals surface area contributed by atoms with Crippen molar-refractivity contribution >= 4 is 23.5 Å². The number of nitrogens with zero attached hydrogens (tertiary/aromatic N) is 3. The molecule has 0 aliphatic carbocycles. The van der Waals surface area contributed by atoms with Gasteiger partial charge in [-0.15, -0.1) is 0 Å². The van der Waals surface area contributed by atoms with Gasteiger partial charge in [0.2, 0.25) is 0 Å². The van der Waals surface area contributed by atoms with Gasteiger partial charge in [-0.1, -0.05) is 18.2 Å². The van der Waals surface area contributed by atoms with Crippen LogP contribution in [0.2, 0.25) is 0 Å². The second-order valence-corrected chi connectivity index (χ2v) is 8.27. The van der Waals surface area contributed by atoms with Crippen molar-refractivity contribution < 1.29 is 18.8 Å². The third-order valence-electron chi connectivity index (χ3n) is 6.01. The standard InChI is InChI=1S/C23H25FN4O3/c1-26(2)19-5-3-4-17(14-19)20(29)27-12-10-23(11-13-27)21(30)28(22(31)25-23)15-16-6-8-18(24)9-7-16/h3-9,14H,10-13,15H2,1-2H3,(H,25,31). The molecular formula is C23H25FN4O3. The number of benzene rings is 2. The number of halogens is 1. The molecule has 2 aromatic rings. The molecule has 0 saturated carbocycles. The van der Waals surface area contributed by atoms with Gasteiger partial charge in [0, 0.05) is 38.4 Å². The minimum absolute atomic E-state index is 0.0847. The first-order valence-electron chi connectivity index (χ1n) is 10.2. The number of amides is 4. The number of hydrogen-bond acceptors (Lipinski definition) is 4. The van der Waals surface area contributed by atoms with Crippen molar-refractivity contribution in [1.29, 1.82) is 0 Å². The number of piperidine rings is 1. The highest BCUT2D eigenvalue weighted by molar-refractivity contribution is 6.07. The Kier molecular flexibility index (Phi) is 5.39. The molecule has 2 fully saturated rings. The van der Waals surface area contributed by atoms with Crippen LogP contribution in [0.25, 0.3) is 0 Å². The van der Waals surface area contributed by atoms with Crippen molar-refractivity contribution in [1.82, 2.24) is 15.1 Å². The molecule has 1 N–H and O–H groups in total.